The maximum absolute atomic E-state index is 12.3. The molecule has 10 nitrogen and oxygen atoms in total. The highest BCUT2D eigenvalue weighted by Gasteiger charge is 2.14. The number of benzene rings is 2. The number of rotatable bonds is 8. The van der Waals surface area contributed by atoms with Gasteiger partial charge in [0.05, 0.1) is 16.5 Å². The van der Waals surface area contributed by atoms with E-state index in [2.05, 4.69) is 10.3 Å². The summed E-state index contributed by atoms with van der Waals surface area (Å²) in [5.74, 6) is 0.162. The van der Waals surface area contributed by atoms with Gasteiger partial charge in [-0.2, -0.15) is 0 Å². The minimum absolute atomic E-state index is 0.149. The van der Waals surface area contributed by atoms with Crippen LogP contribution < -0.4 is 11.1 Å². The minimum atomic E-state index is -0.607. The van der Waals surface area contributed by atoms with Crippen LogP contribution in [0.25, 0.3) is 11.1 Å². The molecular formula is C22H21N5O5. The van der Waals surface area contributed by atoms with Crippen LogP contribution in [0, 0.1) is 17.0 Å². The van der Waals surface area contributed by atoms with Gasteiger partial charge in [0.15, 0.2) is 5.58 Å². The standard InChI is InChI=1S/C22H21N5O5/c1-15-23-10-12-25(15)14-16-4-6-17(7-5-16)24-21(28)3-2-11-26-19-9-8-18(27(30)31)13-20(19)32-22(26)29/h4-10,12-13H,2-3,11,14H2,1H3,(H,24,28). The van der Waals surface area contributed by atoms with E-state index in [1.165, 1.54) is 22.8 Å². The summed E-state index contributed by atoms with van der Waals surface area (Å²) in [4.78, 5) is 38.9. The summed E-state index contributed by atoms with van der Waals surface area (Å²) >= 11 is 0. The van der Waals surface area contributed by atoms with E-state index in [0.717, 1.165) is 11.4 Å². The number of imidazole rings is 1. The fourth-order valence-electron chi connectivity index (χ4n) is 3.46. The molecular weight excluding hydrogens is 414 g/mol. The van der Waals surface area contributed by atoms with Crippen LogP contribution >= 0.6 is 0 Å². The second-order valence-electron chi connectivity index (χ2n) is 7.38. The Labute approximate surface area is 182 Å². The number of non-ortho nitro benzene ring substituents is 1. The lowest BCUT2D eigenvalue weighted by atomic mass is 10.2. The van der Waals surface area contributed by atoms with Gasteiger partial charge in [0.1, 0.15) is 5.82 Å². The second-order valence-corrected chi connectivity index (χ2v) is 7.38. The highest BCUT2D eigenvalue weighted by atomic mass is 16.6. The molecule has 0 atom stereocenters. The summed E-state index contributed by atoms with van der Waals surface area (Å²) in [6, 6.07) is 11.6. The normalized spacial score (nSPS) is 11.0. The van der Waals surface area contributed by atoms with Crippen molar-refractivity contribution in [1.82, 2.24) is 14.1 Å². The van der Waals surface area contributed by atoms with Gasteiger partial charge in [0.2, 0.25) is 5.91 Å². The van der Waals surface area contributed by atoms with Crippen LogP contribution in [0.4, 0.5) is 11.4 Å². The average Bonchev–Trinajstić information content (AvgIpc) is 3.31. The minimum Gasteiger partial charge on any atom is -0.407 e. The summed E-state index contributed by atoms with van der Waals surface area (Å²) in [5, 5.41) is 13.7. The largest absolute Gasteiger partial charge is 0.419 e. The Kier molecular flexibility index (Phi) is 5.84. The molecule has 2 heterocycles. The van der Waals surface area contributed by atoms with Crippen LogP contribution in [0.1, 0.15) is 24.2 Å². The molecule has 0 saturated heterocycles. The van der Waals surface area contributed by atoms with Crippen molar-refractivity contribution in [2.45, 2.75) is 32.9 Å². The molecule has 4 rings (SSSR count). The van der Waals surface area contributed by atoms with E-state index in [-0.39, 0.29) is 30.1 Å². The zero-order valence-corrected chi connectivity index (χ0v) is 17.4. The smallest absolute Gasteiger partial charge is 0.407 e. The number of nitrogens with one attached hydrogen (secondary N) is 1. The van der Waals surface area contributed by atoms with Crippen molar-refractivity contribution in [3.63, 3.8) is 0 Å². The molecule has 0 unspecified atom stereocenters. The number of oxazole rings is 1. The lowest BCUT2D eigenvalue weighted by Gasteiger charge is -2.08. The molecule has 10 heteroatoms. The van der Waals surface area contributed by atoms with E-state index in [9.17, 15) is 19.7 Å². The first-order chi connectivity index (χ1) is 15.4. The van der Waals surface area contributed by atoms with Crippen LogP contribution in [0.3, 0.4) is 0 Å². The van der Waals surface area contributed by atoms with Crippen molar-refractivity contribution in [2.75, 3.05) is 5.32 Å². The predicted molar refractivity (Wildman–Crippen MR) is 118 cm³/mol. The topological polar surface area (TPSA) is 125 Å². The van der Waals surface area contributed by atoms with Crippen molar-refractivity contribution in [1.29, 1.82) is 0 Å². The first-order valence-corrected chi connectivity index (χ1v) is 10.0. The molecule has 0 bridgehead atoms. The van der Waals surface area contributed by atoms with Crippen molar-refractivity contribution in [3.8, 4) is 0 Å². The molecule has 0 radical (unpaired) electrons. The van der Waals surface area contributed by atoms with E-state index >= 15 is 0 Å². The second kappa shape index (κ2) is 8.88. The van der Waals surface area contributed by atoms with E-state index in [1.807, 2.05) is 42.0 Å². The molecule has 0 aliphatic carbocycles. The number of hydrogen-bond acceptors (Lipinski definition) is 6. The van der Waals surface area contributed by atoms with Gasteiger partial charge >= 0.3 is 5.76 Å². The zero-order valence-electron chi connectivity index (χ0n) is 17.4. The molecule has 0 aliphatic rings. The molecule has 0 saturated carbocycles. The van der Waals surface area contributed by atoms with Gasteiger partial charge in [-0.3, -0.25) is 19.5 Å². The van der Waals surface area contributed by atoms with Gasteiger partial charge in [-0.25, -0.2) is 9.78 Å². The Balaban J connectivity index is 1.32. The third-order valence-corrected chi connectivity index (χ3v) is 5.16. The Morgan fingerprint density at radius 2 is 2.00 bits per heavy atom. The molecule has 0 fully saturated rings. The number of amides is 1. The number of anilines is 1. The number of nitrogens with zero attached hydrogens (tertiary/aromatic N) is 4. The monoisotopic (exact) mass is 435 g/mol. The Hall–Kier alpha value is -4.21. The number of aryl methyl sites for hydroxylation is 2. The van der Waals surface area contributed by atoms with Crippen LogP contribution in [0.15, 0.2) is 64.1 Å². The molecule has 1 N–H and O–H groups in total. The molecule has 4 aromatic rings. The first-order valence-electron chi connectivity index (χ1n) is 10.0. The lowest BCUT2D eigenvalue weighted by Crippen LogP contribution is -2.17. The summed E-state index contributed by atoms with van der Waals surface area (Å²) in [7, 11) is 0. The van der Waals surface area contributed by atoms with E-state index in [1.54, 1.807) is 6.20 Å². The van der Waals surface area contributed by atoms with E-state index < -0.39 is 10.7 Å². The molecule has 164 valence electrons. The van der Waals surface area contributed by atoms with Gasteiger partial charge in [-0.05, 0) is 37.1 Å². The number of aromatic nitrogens is 3. The van der Waals surface area contributed by atoms with Gasteiger partial charge in [0.25, 0.3) is 5.69 Å². The van der Waals surface area contributed by atoms with Gasteiger partial charge in [-0.15, -0.1) is 0 Å². The van der Waals surface area contributed by atoms with Crippen LogP contribution in [0.2, 0.25) is 0 Å². The maximum Gasteiger partial charge on any atom is 0.419 e. The summed E-state index contributed by atoms with van der Waals surface area (Å²) in [6.07, 6.45) is 4.30. The Bertz CT molecular complexity index is 1330. The average molecular weight is 435 g/mol. The van der Waals surface area contributed by atoms with Crippen molar-refractivity contribution in [3.05, 3.63) is 86.9 Å². The fourth-order valence-corrected chi connectivity index (χ4v) is 3.46. The lowest BCUT2D eigenvalue weighted by molar-refractivity contribution is -0.384. The van der Waals surface area contributed by atoms with E-state index in [0.29, 0.717) is 24.2 Å². The number of nitro benzene ring substituents is 1. The molecule has 0 aliphatic heterocycles. The van der Waals surface area contributed by atoms with Crippen LogP contribution in [0.5, 0.6) is 0 Å². The molecule has 32 heavy (non-hydrogen) atoms. The molecule has 0 spiro atoms. The number of nitro groups is 1. The molecule has 2 aromatic carbocycles. The van der Waals surface area contributed by atoms with Gasteiger partial charge in [0, 0.05) is 43.7 Å². The maximum atomic E-state index is 12.3. The number of fused-ring (bicyclic) bond motifs is 1. The van der Waals surface area contributed by atoms with Crippen LogP contribution in [-0.2, 0) is 17.9 Å². The number of carbonyl (C=O) groups is 1. The summed E-state index contributed by atoms with van der Waals surface area (Å²) in [5.41, 5.74) is 2.25. The van der Waals surface area contributed by atoms with Crippen molar-refractivity contribution in [2.24, 2.45) is 0 Å². The highest BCUT2D eigenvalue weighted by molar-refractivity contribution is 5.90. The Morgan fingerprint density at radius 1 is 1.22 bits per heavy atom. The van der Waals surface area contributed by atoms with Crippen LogP contribution in [-0.4, -0.2) is 24.9 Å². The van der Waals surface area contributed by atoms with Gasteiger partial charge < -0.3 is 14.3 Å². The third kappa shape index (κ3) is 4.59. The fraction of sp³-hybridized carbons (Fsp3) is 0.227. The number of carbonyl (C=O) groups excluding carboxylic acids is 1. The zero-order chi connectivity index (χ0) is 22.7. The summed E-state index contributed by atoms with van der Waals surface area (Å²) < 4.78 is 8.50. The van der Waals surface area contributed by atoms with Crippen molar-refractivity contribution >= 4 is 28.4 Å². The quantitative estimate of drug-likeness (QED) is 0.334. The predicted octanol–water partition coefficient (Wildman–Crippen LogP) is 3.47. The van der Waals surface area contributed by atoms with Gasteiger partial charge in [-0.1, -0.05) is 12.1 Å². The Morgan fingerprint density at radius 3 is 2.69 bits per heavy atom. The van der Waals surface area contributed by atoms with E-state index in [4.69, 9.17) is 4.42 Å². The third-order valence-electron chi connectivity index (χ3n) is 5.16. The molecule has 2 aromatic heterocycles. The summed E-state index contributed by atoms with van der Waals surface area (Å²) in [6.45, 7) is 2.91. The first kappa shape index (κ1) is 21.0. The SMILES string of the molecule is Cc1nccn1Cc1ccc(NC(=O)CCCn2c(=O)oc3cc([N+](=O)[O-])ccc32)cc1. The highest BCUT2D eigenvalue weighted by Crippen LogP contribution is 2.20. The number of hydrogen-bond donors (Lipinski definition) is 1. The van der Waals surface area contributed by atoms with Crippen molar-refractivity contribution < 1.29 is 14.1 Å². The molecule has 1 amide bonds.